The van der Waals surface area contributed by atoms with Gasteiger partial charge in [-0.15, -0.1) is 11.8 Å². The van der Waals surface area contributed by atoms with Crippen LogP contribution in [0.1, 0.15) is 34.7 Å². The Morgan fingerprint density at radius 3 is 2.62 bits per heavy atom. The molecule has 1 N–H and O–H groups in total. The van der Waals surface area contributed by atoms with Gasteiger partial charge in [-0.25, -0.2) is 0 Å². The van der Waals surface area contributed by atoms with Gasteiger partial charge >= 0.3 is 0 Å². The van der Waals surface area contributed by atoms with Crippen LogP contribution in [0.5, 0.6) is 0 Å². The first-order valence-corrected chi connectivity index (χ1v) is 8.56. The summed E-state index contributed by atoms with van der Waals surface area (Å²) in [7, 11) is 2.08. The predicted molar refractivity (Wildman–Crippen MR) is 92.1 cm³/mol. The van der Waals surface area contributed by atoms with Crippen molar-refractivity contribution in [1.29, 1.82) is 0 Å². The van der Waals surface area contributed by atoms with E-state index in [1.807, 2.05) is 11.8 Å². The van der Waals surface area contributed by atoms with Crippen molar-refractivity contribution >= 4 is 11.8 Å². The maximum atomic E-state index is 3.54. The van der Waals surface area contributed by atoms with E-state index in [4.69, 9.17) is 0 Å². The van der Waals surface area contributed by atoms with Crippen molar-refractivity contribution in [2.24, 2.45) is 0 Å². The monoisotopic (exact) mass is 297 g/mol. The molecule has 110 valence electrons. The Hall–Kier alpha value is -1.25. The van der Waals surface area contributed by atoms with Crippen LogP contribution in [0.3, 0.4) is 0 Å². The second kappa shape index (κ2) is 6.25. The molecule has 3 rings (SSSR count). The molecule has 1 aliphatic carbocycles. The smallest absolute Gasteiger partial charge is 0.0444 e. The van der Waals surface area contributed by atoms with Crippen molar-refractivity contribution < 1.29 is 0 Å². The Labute approximate surface area is 132 Å². The summed E-state index contributed by atoms with van der Waals surface area (Å²) < 4.78 is 0. The lowest BCUT2D eigenvalue weighted by molar-refractivity contribution is 0.510. The topological polar surface area (TPSA) is 12.0 Å². The number of hydrogen-bond acceptors (Lipinski definition) is 2. The third-order valence-corrected chi connectivity index (χ3v) is 5.87. The van der Waals surface area contributed by atoms with E-state index in [9.17, 15) is 0 Å². The number of fused-ring (bicyclic) bond motifs is 1. The van der Waals surface area contributed by atoms with E-state index in [2.05, 4.69) is 68.7 Å². The molecule has 21 heavy (non-hydrogen) atoms. The van der Waals surface area contributed by atoms with Crippen LogP contribution < -0.4 is 5.32 Å². The minimum Gasteiger partial charge on any atom is -0.312 e. The fraction of sp³-hybridized carbons (Fsp3) is 0.368. The van der Waals surface area contributed by atoms with Gasteiger partial charge in [0.1, 0.15) is 0 Å². The first kappa shape index (κ1) is 14.7. The number of hydrogen-bond donors (Lipinski definition) is 1. The van der Waals surface area contributed by atoms with Gasteiger partial charge in [-0.05, 0) is 68.1 Å². The van der Waals surface area contributed by atoms with E-state index in [-0.39, 0.29) is 0 Å². The molecule has 1 nitrogen and oxygen atoms in total. The molecule has 2 heteroatoms. The summed E-state index contributed by atoms with van der Waals surface area (Å²) >= 11 is 2.02. The summed E-state index contributed by atoms with van der Waals surface area (Å²) in [5.41, 5.74) is 5.75. The van der Waals surface area contributed by atoms with Crippen LogP contribution in [0.2, 0.25) is 0 Å². The molecule has 2 unspecified atom stereocenters. The van der Waals surface area contributed by atoms with E-state index in [1.165, 1.54) is 40.0 Å². The van der Waals surface area contributed by atoms with Gasteiger partial charge in [0.15, 0.2) is 0 Å². The first-order valence-electron chi connectivity index (χ1n) is 7.68. The maximum absolute atomic E-state index is 3.54. The van der Waals surface area contributed by atoms with Crippen LogP contribution in [0.4, 0.5) is 0 Å². The Morgan fingerprint density at radius 1 is 1.05 bits per heavy atom. The molecule has 0 amide bonds. The second-order valence-corrected chi connectivity index (χ2v) is 7.22. The summed E-state index contributed by atoms with van der Waals surface area (Å²) in [5, 5.41) is 4.14. The highest BCUT2D eigenvalue weighted by Crippen LogP contribution is 2.40. The van der Waals surface area contributed by atoms with Gasteiger partial charge in [-0.2, -0.15) is 0 Å². The van der Waals surface area contributed by atoms with E-state index >= 15 is 0 Å². The molecule has 0 aliphatic heterocycles. The largest absolute Gasteiger partial charge is 0.312 e. The highest BCUT2D eigenvalue weighted by molar-refractivity contribution is 8.00. The molecule has 0 radical (unpaired) electrons. The summed E-state index contributed by atoms with van der Waals surface area (Å²) in [6, 6.07) is 16.1. The zero-order chi connectivity index (χ0) is 14.8. The lowest BCUT2D eigenvalue weighted by Crippen LogP contribution is -2.32. The Kier molecular flexibility index (Phi) is 4.37. The van der Waals surface area contributed by atoms with Gasteiger partial charge < -0.3 is 5.32 Å². The van der Waals surface area contributed by atoms with Crippen LogP contribution in [0.15, 0.2) is 47.4 Å². The van der Waals surface area contributed by atoms with Gasteiger partial charge in [0.2, 0.25) is 0 Å². The van der Waals surface area contributed by atoms with Crippen molar-refractivity contribution in [3.63, 3.8) is 0 Å². The summed E-state index contributed by atoms with van der Waals surface area (Å²) in [6.45, 7) is 4.38. The van der Waals surface area contributed by atoms with Crippen LogP contribution >= 0.6 is 11.8 Å². The first-order chi connectivity index (χ1) is 10.2. The molecule has 0 spiro atoms. The Morgan fingerprint density at radius 2 is 1.86 bits per heavy atom. The molecule has 0 fully saturated rings. The van der Waals surface area contributed by atoms with E-state index in [0.717, 1.165) is 0 Å². The maximum Gasteiger partial charge on any atom is 0.0444 e. The number of nitrogens with one attached hydrogen (secondary N) is 1. The summed E-state index contributed by atoms with van der Waals surface area (Å²) in [6.07, 6.45) is 2.43. The van der Waals surface area contributed by atoms with Crippen molar-refractivity contribution in [3.05, 3.63) is 64.7 Å². The average molecular weight is 297 g/mol. The number of aryl methyl sites for hydroxylation is 3. The Bertz CT molecular complexity index is 635. The van der Waals surface area contributed by atoms with E-state index in [1.54, 1.807) is 0 Å². The third kappa shape index (κ3) is 3.02. The van der Waals surface area contributed by atoms with E-state index in [0.29, 0.717) is 11.3 Å². The van der Waals surface area contributed by atoms with Crippen molar-refractivity contribution in [1.82, 2.24) is 5.32 Å². The highest BCUT2D eigenvalue weighted by Gasteiger charge is 2.28. The standard InChI is InChI=1S/C19H23NS/c1-13-8-10-16(12-14(13)2)21-18-11-9-15-6-4-5-7-17(15)19(18)20-3/h4-8,10,12,18-20H,9,11H2,1-3H3. The number of benzene rings is 2. The molecule has 2 aromatic rings. The average Bonchev–Trinajstić information content (AvgIpc) is 2.51. The van der Waals surface area contributed by atoms with E-state index < -0.39 is 0 Å². The van der Waals surface area contributed by atoms with Crippen molar-refractivity contribution in [2.45, 2.75) is 42.9 Å². The van der Waals surface area contributed by atoms with Gasteiger partial charge in [0.25, 0.3) is 0 Å². The molecule has 2 atom stereocenters. The van der Waals surface area contributed by atoms with Crippen LogP contribution in [0.25, 0.3) is 0 Å². The highest BCUT2D eigenvalue weighted by atomic mass is 32.2. The van der Waals surface area contributed by atoms with Crippen LogP contribution in [-0.2, 0) is 6.42 Å². The minimum absolute atomic E-state index is 0.446. The zero-order valence-corrected chi connectivity index (χ0v) is 13.8. The number of thioether (sulfide) groups is 1. The lowest BCUT2D eigenvalue weighted by Gasteiger charge is -2.33. The zero-order valence-electron chi connectivity index (χ0n) is 13.0. The summed E-state index contributed by atoms with van der Waals surface area (Å²) in [5.74, 6) is 0. The minimum atomic E-state index is 0.446. The van der Waals surface area contributed by atoms with Crippen molar-refractivity contribution in [2.75, 3.05) is 7.05 Å². The third-order valence-electron chi connectivity index (χ3n) is 4.54. The molecule has 0 saturated carbocycles. The molecular formula is C19H23NS. The molecular weight excluding hydrogens is 274 g/mol. The molecule has 0 saturated heterocycles. The van der Waals surface area contributed by atoms with Gasteiger partial charge in [-0.3, -0.25) is 0 Å². The van der Waals surface area contributed by atoms with Crippen LogP contribution in [-0.4, -0.2) is 12.3 Å². The predicted octanol–water partition coefficient (Wildman–Crippen LogP) is 4.67. The second-order valence-electron chi connectivity index (χ2n) is 5.91. The SMILES string of the molecule is CNC1c2ccccc2CCC1Sc1ccc(C)c(C)c1. The van der Waals surface area contributed by atoms with Crippen molar-refractivity contribution in [3.8, 4) is 0 Å². The Balaban J connectivity index is 1.84. The number of rotatable bonds is 3. The molecule has 0 bridgehead atoms. The molecule has 1 aliphatic rings. The fourth-order valence-electron chi connectivity index (χ4n) is 3.16. The van der Waals surface area contributed by atoms with Gasteiger partial charge in [0.05, 0.1) is 0 Å². The van der Waals surface area contributed by atoms with Crippen LogP contribution in [0, 0.1) is 13.8 Å². The molecule has 0 aromatic heterocycles. The van der Waals surface area contributed by atoms with Gasteiger partial charge in [0, 0.05) is 16.2 Å². The van der Waals surface area contributed by atoms with Gasteiger partial charge in [-0.1, -0.05) is 30.3 Å². The lowest BCUT2D eigenvalue weighted by atomic mass is 9.87. The quantitative estimate of drug-likeness (QED) is 0.883. The molecule has 2 aromatic carbocycles. The normalized spacial score (nSPS) is 21.1. The fourth-order valence-corrected chi connectivity index (χ4v) is 4.56. The summed E-state index contributed by atoms with van der Waals surface area (Å²) in [4.78, 5) is 1.39. The molecule has 0 heterocycles.